The molecule has 0 saturated heterocycles. The standard InChI is InChI=1S/C17H15BrN4O/c1-11-4-2-3-5-15(11)21-17(23)22-20-10-12-9-19-16-7-6-13(18)8-14(12)16/h2-10,19H,1H3,(H2,21,22,23)/b20-10+. The number of hydrogen-bond donors (Lipinski definition) is 3. The molecule has 0 spiro atoms. The Morgan fingerprint density at radius 1 is 1.26 bits per heavy atom. The van der Waals surface area contributed by atoms with Crippen LogP contribution in [0.15, 0.2) is 58.2 Å². The highest BCUT2D eigenvalue weighted by molar-refractivity contribution is 9.10. The molecule has 0 saturated carbocycles. The highest BCUT2D eigenvalue weighted by Gasteiger charge is 2.04. The van der Waals surface area contributed by atoms with Crippen molar-refractivity contribution in [3.8, 4) is 0 Å². The van der Waals surface area contributed by atoms with Gasteiger partial charge < -0.3 is 10.3 Å². The summed E-state index contributed by atoms with van der Waals surface area (Å²) < 4.78 is 0.990. The first-order valence-electron chi connectivity index (χ1n) is 7.06. The number of hydrogen-bond acceptors (Lipinski definition) is 2. The van der Waals surface area contributed by atoms with E-state index in [0.717, 1.165) is 32.2 Å². The fraction of sp³-hybridized carbons (Fsp3) is 0.0588. The smallest absolute Gasteiger partial charge is 0.339 e. The number of benzene rings is 2. The van der Waals surface area contributed by atoms with E-state index in [-0.39, 0.29) is 6.03 Å². The molecule has 2 amide bonds. The van der Waals surface area contributed by atoms with Crippen molar-refractivity contribution in [3.05, 3.63) is 64.3 Å². The fourth-order valence-electron chi connectivity index (χ4n) is 2.25. The molecule has 0 atom stereocenters. The summed E-state index contributed by atoms with van der Waals surface area (Å²) in [5, 5.41) is 7.79. The number of para-hydroxylation sites is 1. The number of aromatic nitrogens is 1. The Labute approximate surface area is 141 Å². The van der Waals surface area contributed by atoms with Gasteiger partial charge in [0.15, 0.2) is 0 Å². The number of carbonyl (C=O) groups excluding carboxylic acids is 1. The minimum Gasteiger partial charge on any atom is -0.361 e. The average molecular weight is 371 g/mol. The maximum Gasteiger partial charge on any atom is 0.339 e. The van der Waals surface area contributed by atoms with Crippen LogP contribution in [0, 0.1) is 6.92 Å². The number of aromatic amines is 1. The molecule has 5 nitrogen and oxygen atoms in total. The molecule has 1 aromatic heterocycles. The lowest BCUT2D eigenvalue weighted by Crippen LogP contribution is -2.24. The molecular formula is C17H15BrN4O. The van der Waals surface area contributed by atoms with Gasteiger partial charge in [-0.1, -0.05) is 34.1 Å². The Balaban J connectivity index is 1.67. The third-order valence-corrected chi connectivity index (χ3v) is 3.93. The van der Waals surface area contributed by atoms with Gasteiger partial charge in [-0.05, 0) is 36.8 Å². The van der Waals surface area contributed by atoms with E-state index in [9.17, 15) is 4.79 Å². The molecule has 3 aromatic rings. The van der Waals surface area contributed by atoms with E-state index in [1.807, 2.05) is 55.6 Å². The lowest BCUT2D eigenvalue weighted by atomic mass is 10.2. The predicted molar refractivity (Wildman–Crippen MR) is 96.9 cm³/mol. The van der Waals surface area contributed by atoms with Crippen LogP contribution in [0.1, 0.15) is 11.1 Å². The van der Waals surface area contributed by atoms with Gasteiger partial charge in [0.05, 0.1) is 6.21 Å². The Morgan fingerprint density at radius 3 is 2.91 bits per heavy atom. The van der Waals surface area contributed by atoms with Gasteiger partial charge >= 0.3 is 6.03 Å². The van der Waals surface area contributed by atoms with Gasteiger partial charge in [-0.3, -0.25) is 0 Å². The second-order valence-electron chi connectivity index (χ2n) is 5.07. The van der Waals surface area contributed by atoms with E-state index in [1.165, 1.54) is 0 Å². The van der Waals surface area contributed by atoms with Crippen molar-refractivity contribution in [2.75, 3.05) is 5.32 Å². The van der Waals surface area contributed by atoms with Gasteiger partial charge in [-0.15, -0.1) is 0 Å². The summed E-state index contributed by atoms with van der Waals surface area (Å²) in [5.41, 5.74) is 6.14. The summed E-state index contributed by atoms with van der Waals surface area (Å²) in [6.07, 6.45) is 3.46. The molecular weight excluding hydrogens is 356 g/mol. The molecule has 6 heteroatoms. The molecule has 0 bridgehead atoms. The number of hydrazone groups is 1. The van der Waals surface area contributed by atoms with E-state index in [4.69, 9.17) is 0 Å². The van der Waals surface area contributed by atoms with Gasteiger partial charge in [0, 0.05) is 32.8 Å². The van der Waals surface area contributed by atoms with Crippen LogP contribution in [0.2, 0.25) is 0 Å². The van der Waals surface area contributed by atoms with Crippen LogP contribution < -0.4 is 10.7 Å². The first-order valence-corrected chi connectivity index (χ1v) is 7.85. The van der Waals surface area contributed by atoms with E-state index in [0.29, 0.717) is 0 Å². The lowest BCUT2D eigenvalue weighted by Gasteiger charge is -2.06. The first kappa shape index (κ1) is 15.3. The van der Waals surface area contributed by atoms with Crippen molar-refractivity contribution in [3.63, 3.8) is 0 Å². The number of nitrogens with one attached hydrogen (secondary N) is 3. The maximum absolute atomic E-state index is 11.9. The van der Waals surface area contributed by atoms with E-state index in [2.05, 4.69) is 36.8 Å². The topological polar surface area (TPSA) is 69.3 Å². The number of amides is 2. The van der Waals surface area contributed by atoms with Crippen molar-refractivity contribution in [1.82, 2.24) is 10.4 Å². The van der Waals surface area contributed by atoms with Crippen molar-refractivity contribution >= 4 is 44.8 Å². The molecule has 3 rings (SSSR count). The normalized spacial score (nSPS) is 11.0. The number of H-pyrrole nitrogens is 1. The molecule has 0 radical (unpaired) electrons. The number of urea groups is 1. The number of anilines is 1. The first-order chi connectivity index (χ1) is 11.1. The average Bonchev–Trinajstić information content (AvgIpc) is 2.92. The Morgan fingerprint density at radius 2 is 2.09 bits per heavy atom. The summed E-state index contributed by atoms with van der Waals surface area (Å²) in [4.78, 5) is 15.0. The van der Waals surface area contributed by atoms with Gasteiger partial charge in [-0.2, -0.15) is 5.10 Å². The van der Waals surface area contributed by atoms with Crippen molar-refractivity contribution in [2.45, 2.75) is 6.92 Å². The van der Waals surface area contributed by atoms with Crippen LogP contribution in [0.25, 0.3) is 10.9 Å². The zero-order valence-electron chi connectivity index (χ0n) is 12.4. The van der Waals surface area contributed by atoms with Crippen molar-refractivity contribution in [2.24, 2.45) is 5.10 Å². The summed E-state index contributed by atoms with van der Waals surface area (Å²) in [5.74, 6) is 0. The highest BCUT2D eigenvalue weighted by Crippen LogP contribution is 2.21. The third kappa shape index (κ3) is 3.60. The van der Waals surface area contributed by atoms with Gasteiger partial charge in [0.2, 0.25) is 0 Å². The minimum absolute atomic E-state index is 0.378. The number of fused-ring (bicyclic) bond motifs is 1. The summed E-state index contributed by atoms with van der Waals surface area (Å²) in [6, 6.07) is 13.1. The second kappa shape index (κ2) is 6.66. The monoisotopic (exact) mass is 370 g/mol. The van der Waals surface area contributed by atoms with Crippen LogP contribution >= 0.6 is 15.9 Å². The molecule has 3 N–H and O–H groups in total. The Kier molecular flexibility index (Phi) is 4.43. The van der Waals surface area contributed by atoms with E-state index >= 15 is 0 Å². The molecule has 0 unspecified atom stereocenters. The molecule has 23 heavy (non-hydrogen) atoms. The minimum atomic E-state index is -0.378. The molecule has 116 valence electrons. The van der Waals surface area contributed by atoms with Crippen molar-refractivity contribution < 1.29 is 4.79 Å². The quantitative estimate of drug-likeness (QED) is 0.464. The summed E-state index contributed by atoms with van der Waals surface area (Å²) >= 11 is 3.45. The SMILES string of the molecule is Cc1ccccc1NC(=O)N/N=C/c1c[nH]c2ccc(Br)cc12. The molecule has 0 aliphatic heterocycles. The van der Waals surface area contributed by atoms with Gasteiger partial charge in [0.25, 0.3) is 0 Å². The van der Waals surface area contributed by atoms with Crippen LogP contribution in [-0.2, 0) is 0 Å². The van der Waals surface area contributed by atoms with Crippen molar-refractivity contribution in [1.29, 1.82) is 0 Å². The predicted octanol–water partition coefficient (Wildman–Crippen LogP) is 4.39. The second-order valence-corrected chi connectivity index (χ2v) is 5.99. The number of carbonyl (C=O) groups is 1. The molecule has 1 heterocycles. The Hall–Kier alpha value is -2.60. The molecule has 0 fully saturated rings. The highest BCUT2D eigenvalue weighted by atomic mass is 79.9. The van der Waals surface area contributed by atoms with Gasteiger partial charge in [0.1, 0.15) is 0 Å². The van der Waals surface area contributed by atoms with Gasteiger partial charge in [-0.25, -0.2) is 10.2 Å². The van der Waals surface area contributed by atoms with Crippen LogP contribution in [0.5, 0.6) is 0 Å². The number of nitrogens with zero attached hydrogens (tertiary/aromatic N) is 1. The Bertz CT molecular complexity index is 885. The number of rotatable bonds is 3. The number of aryl methyl sites for hydroxylation is 1. The number of halogens is 1. The van der Waals surface area contributed by atoms with E-state index < -0.39 is 0 Å². The third-order valence-electron chi connectivity index (χ3n) is 3.44. The largest absolute Gasteiger partial charge is 0.361 e. The maximum atomic E-state index is 11.9. The molecule has 0 aliphatic carbocycles. The zero-order valence-corrected chi connectivity index (χ0v) is 14.0. The van der Waals surface area contributed by atoms with Crippen LogP contribution in [0.3, 0.4) is 0 Å². The lowest BCUT2D eigenvalue weighted by molar-refractivity contribution is 0.252. The van der Waals surface area contributed by atoms with E-state index in [1.54, 1.807) is 6.21 Å². The summed E-state index contributed by atoms with van der Waals surface area (Å²) in [6.45, 7) is 1.93. The van der Waals surface area contributed by atoms with Crippen LogP contribution in [-0.4, -0.2) is 17.2 Å². The van der Waals surface area contributed by atoms with Crippen LogP contribution in [0.4, 0.5) is 10.5 Å². The molecule has 2 aromatic carbocycles. The fourth-order valence-corrected chi connectivity index (χ4v) is 2.61. The zero-order chi connectivity index (χ0) is 16.2. The molecule has 0 aliphatic rings. The summed E-state index contributed by atoms with van der Waals surface area (Å²) in [7, 11) is 0.